The van der Waals surface area contributed by atoms with Crippen molar-refractivity contribution in [2.75, 3.05) is 19.7 Å². The summed E-state index contributed by atoms with van der Waals surface area (Å²) in [6.45, 7) is 4.28. The average Bonchev–Trinajstić information content (AvgIpc) is 2.89. The predicted molar refractivity (Wildman–Crippen MR) is 60.0 cm³/mol. The van der Waals surface area contributed by atoms with Crippen LogP contribution in [0.1, 0.15) is 26.2 Å². The van der Waals surface area contributed by atoms with Crippen molar-refractivity contribution < 1.29 is 9.53 Å². The van der Waals surface area contributed by atoms with Crippen molar-refractivity contribution in [1.29, 1.82) is 0 Å². The minimum atomic E-state index is 0.198. The highest BCUT2D eigenvalue weighted by Crippen LogP contribution is 2.34. The molecule has 3 saturated heterocycles. The summed E-state index contributed by atoms with van der Waals surface area (Å²) in [5.41, 5.74) is 0. The van der Waals surface area contributed by atoms with Gasteiger partial charge in [0.1, 0.15) is 0 Å². The third-order valence-corrected chi connectivity index (χ3v) is 4.17. The summed E-state index contributed by atoms with van der Waals surface area (Å²) in [4.78, 5) is 14.4. The Bertz CT molecular complexity index is 295. The van der Waals surface area contributed by atoms with Crippen molar-refractivity contribution in [3.05, 3.63) is 0 Å². The highest BCUT2D eigenvalue weighted by molar-refractivity contribution is 5.80. The summed E-state index contributed by atoms with van der Waals surface area (Å²) in [7, 11) is 0. The van der Waals surface area contributed by atoms with Crippen molar-refractivity contribution >= 4 is 5.91 Å². The summed E-state index contributed by atoms with van der Waals surface area (Å²) in [6.07, 6.45) is 3.69. The van der Waals surface area contributed by atoms with Gasteiger partial charge in [0.2, 0.25) is 5.91 Å². The quantitative estimate of drug-likeness (QED) is 0.700. The summed E-state index contributed by atoms with van der Waals surface area (Å²) < 4.78 is 5.47. The van der Waals surface area contributed by atoms with Crippen molar-refractivity contribution in [2.24, 2.45) is 5.92 Å². The second kappa shape index (κ2) is 4.00. The van der Waals surface area contributed by atoms with Crippen LogP contribution >= 0.6 is 0 Å². The van der Waals surface area contributed by atoms with Gasteiger partial charge >= 0.3 is 0 Å². The Labute approximate surface area is 96.3 Å². The second-order valence-electron chi connectivity index (χ2n) is 5.36. The lowest BCUT2D eigenvalue weighted by molar-refractivity contribution is -0.143. The van der Waals surface area contributed by atoms with E-state index in [1.54, 1.807) is 0 Å². The molecule has 16 heavy (non-hydrogen) atoms. The minimum absolute atomic E-state index is 0.198. The Morgan fingerprint density at radius 2 is 2.31 bits per heavy atom. The highest BCUT2D eigenvalue weighted by atomic mass is 16.5. The second-order valence-corrected chi connectivity index (χ2v) is 5.36. The molecule has 3 heterocycles. The first-order valence-corrected chi connectivity index (χ1v) is 6.40. The molecule has 4 heteroatoms. The first kappa shape index (κ1) is 10.5. The van der Waals surface area contributed by atoms with E-state index in [1.165, 1.54) is 12.8 Å². The molecule has 0 saturated carbocycles. The first-order chi connectivity index (χ1) is 7.74. The lowest BCUT2D eigenvalue weighted by Crippen LogP contribution is -2.48. The number of carbonyl (C=O) groups is 1. The number of morpholine rings is 1. The maximum Gasteiger partial charge on any atom is 0.227 e. The largest absolute Gasteiger partial charge is 0.375 e. The van der Waals surface area contributed by atoms with E-state index in [0.717, 1.165) is 19.5 Å². The summed E-state index contributed by atoms with van der Waals surface area (Å²) in [6, 6.07) is 1.06. The van der Waals surface area contributed by atoms with Crippen LogP contribution in [0.4, 0.5) is 0 Å². The molecule has 3 rings (SSSR count). The van der Waals surface area contributed by atoms with E-state index in [-0.39, 0.29) is 12.0 Å². The molecule has 3 fully saturated rings. The predicted octanol–water partition coefficient (Wildman–Crippen LogP) is 0.374. The van der Waals surface area contributed by atoms with Gasteiger partial charge in [-0.3, -0.25) is 4.79 Å². The average molecular weight is 224 g/mol. The Kier molecular flexibility index (Phi) is 2.64. The number of fused-ring (bicyclic) bond motifs is 2. The van der Waals surface area contributed by atoms with Gasteiger partial charge in [-0.2, -0.15) is 0 Å². The maximum absolute atomic E-state index is 12.4. The number of hydrogen-bond acceptors (Lipinski definition) is 3. The smallest absolute Gasteiger partial charge is 0.227 e. The topological polar surface area (TPSA) is 41.6 Å². The number of ether oxygens (including phenoxy) is 1. The van der Waals surface area contributed by atoms with Gasteiger partial charge in [0, 0.05) is 25.2 Å². The molecule has 4 unspecified atom stereocenters. The van der Waals surface area contributed by atoms with E-state index < -0.39 is 0 Å². The molecule has 4 atom stereocenters. The van der Waals surface area contributed by atoms with E-state index in [1.807, 2.05) is 11.8 Å². The van der Waals surface area contributed by atoms with Crippen LogP contribution in [-0.2, 0) is 9.53 Å². The zero-order valence-electron chi connectivity index (χ0n) is 9.82. The van der Waals surface area contributed by atoms with Gasteiger partial charge in [0.05, 0.1) is 18.6 Å². The SMILES string of the molecule is CC1CN(C(=O)C2CC3CCC2N3)CCO1. The first-order valence-electron chi connectivity index (χ1n) is 6.40. The normalized spacial score (nSPS) is 42.7. The van der Waals surface area contributed by atoms with E-state index >= 15 is 0 Å². The van der Waals surface area contributed by atoms with Gasteiger partial charge < -0.3 is 15.0 Å². The maximum atomic E-state index is 12.4. The fourth-order valence-corrected chi connectivity index (χ4v) is 3.35. The van der Waals surface area contributed by atoms with Crippen molar-refractivity contribution in [1.82, 2.24) is 10.2 Å². The van der Waals surface area contributed by atoms with Crippen molar-refractivity contribution in [3.8, 4) is 0 Å². The summed E-state index contributed by atoms with van der Waals surface area (Å²) in [5.74, 6) is 0.596. The van der Waals surface area contributed by atoms with Crippen molar-refractivity contribution in [3.63, 3.8) is 0 Å². The molecule has 0 aromatic rings. The Balaban J connectivity index is 1.64. The molecule has 3 aliphatic heterocycles. The third-order valence-electron chi connectivity index (χ3n) is 4.17. The number of carbonyl (C=O) groups excluding carboxylic acids is 1. The number of amides is 1. The molecule has 0 spiro atoms. The van der Waals surface area contributed by atoms with Gasteiger partial charge in [0.25, 0.3) is 0 Å². The van der Waals surface area contributed by atoms with Crippen LogP contribution in [0, 0.1) is 5.92 Å². The number of rotatable bonds is 1. The van der Waals surface area contributed by atoms with Gasteiger partial charge in [0.15, 0.2) is 0 Å². The molecule has 0 radical (unpaired) electrons. The standard InChI is InChI=1S/C12H20N2O2/c1-8-7-14(4-5-16-8)12(15)10-6-9-2-3-11(10)13-9/h8-11,13H,2-7H2,1H3. The van der Waals surface area contributed by atoms with E-state index in [2.05, 4.69) is 5.32 Å². The van der Waals surface area contributed by atoms with Gasteiger partial charge in [-0.1, -0.05) is 0 Å². The molecule has 90 valence electrons. The monoisotopic (exact) mass is 224 g/mol. The Hall–Kier alpha value is -0.610. The van der Waals surface area contributed by atoms with E-state index in [4.69, 9.17) is 4.74 Å². The highest BCUT2D eigenvalue weighted by Gasteiger charge is 2.44. The number of nitrogens with one attached hydrogen (secondary N) is 1. The lowest BCUT2D eigenvalue weighted by Gasteiger charge is -2.34. The Morgan fingerprint density at radius 1 is 1.44 bits per heavy atom. The molecule has 4 nitrogen and oxygen atoms in total. The third kappa shape index (κ3) is 1.74. The molecule has 1 amide bonds. The molecule has 3 aliphatic rings. The van der Waals surface area contributed by atoms with Gasteiger partial charge in [-0.25, -0.2) is 0 Å². The molecule has 0 aromatic heterocycles. The van der Waals surface area contributed by atoms with E-state index in [9.17, 15) is 4.79 Å². The molecular formula is C12H20N2O2. The van der Waals surface area contributed by atoms with Crippen LogP contribution in [0.15, 0.2) is 0 Å². The van der Waals surface area contributed by atoms with Crippen LogP contribution in [-0.4, -0.2) is 48.7 Å². The molecule has 0 aliphatic carbocycles. The molecule has 0 aromatic carbocycles. The summed E-state index contributed by atoms with van der Waals surface area (Å²) >= 11 is 0. The number of hydrogen-bond donors (Lipinski definition) is 1. The fraction of sp³-hybridized carbons (Fsp3) is 0.917. The van der Waals surface area contributed by atoms with Crippen LogP contribution in [0.5, 0.6) is 0 Å². The number of nitrogens with zero attached hydrogens (tertiary/aromatic N) is 1. The van der Waals surface area contributed by atoms with Crippen LogP contribution in [0.25, 0.3) is 0 Å². The van der Waals surface area contributed by atoms with Gasteiger partial charge in [-0.15, -0.1) is 0 Å². The lowest BCUT2D eigenvalue weighted by atomic mass is 9.88. The summed E-state index contributed by atoms with van der Waals surface area (Å²) in [5, 5.41) is 3.53. The molecular weight excluding hydrogens is 204 g/mol. The van der Waals surface area contributed by atoms with Crippen molar-refractivity contribution in [2.45, 2.75) is 44.4 Å². The zero-order valence-corrected chi connectivity index (χ0v) is 9.82. The Morgan fingerprint density at radius 3 is 2.94 bits per heavy atom. The van der Waals surface area contributed by atoms with Gasteiger partial charge in [-0.05, 0) is 26.2 Å². The minimum Gasteiger partial charge on any atom is -0.375 e. The van der Waals surface area contributed by atoms with Crippen LogP contribution < -0.4 is 5.32 Å². The van der Waals surface area contributed by atoms with E-state index in [0.29, 0.717) is 24.6 Å². The van der Waals surface area contributed by atoms with Crippen LogP contribution in [0.2, 0.25) is 0 Å². The van der Waals surface area contributed by atoms with Crippen LogP contribution in [0.3, 0.4) is 0 Å². The fourth-order valence-electron chi connectivity index (χ4n) is 3.35. The zero-order chi connectivity index (χ0) is 11.1. The molecule has 1 N–H and O–H groups in total. The molecule has 2 bridgehead atoms.